The number of nitrogens with zero attached hydrogens (tertiary/aromatic N) is 2. The quantitative estimate of drug-likeness (QED) is 0.753. The Balaban J connectivity index is 2.17. The van der Waals surface area contributed by atoms with Crippen LogP contribution in [0.3, 0.4) is 0 Å². The average Bonchev–Trinajstić information content (AvgIpc) is 2.25. The lowest BCUT2D eigenvalue weighted by atomic mass is 9.83. The topological polar surface area (TPSA) is 60.9 Å². The normalized spacial score (nSPS) is 32.3. The predicted molar refractivity (Wildman–Crippen MR) is 62.7 cm³/mol. The van der Waals surface area contributed by atoms with Gasteiger partial charge in [-0.3, -0.25) is 4.79 Å². The van der Waals surface area contributed by atoms with Gasteiger partial charge < -0.3 is 14.9 Å². The number of carbonyl (C=O) groups excluding carboxylic acids is 1. The largest absolute Gasteiger partial charge is 0.481 e. The van der Waals surface area contributed by atoms with E-state index in [4.69, 9.17) is 5.11 Å². The average molecular weight is 240 g/mol. The molecule has 0 aliphatic carbocycles. The fraction of sp³-hybridized carbons (Fsp3) is 0.833. The van der Waals surface area contributed by atoms with E-state index in [-0.39, 0.29) is 17.6 Å². The molecular formula is C12H20N2O3. The second-order valence-corrected chi connectivity index (χ2v) is 5.78. The van der Waals surface area contributed by atoms with E-state index in [2.05, 4.69) is 13.8 Å². The molecule has 96 valence electrons. The lowest BCUT2D eigenvalue weighted by Crippen LogP contribution is -2.64. The van der Waals surface area contributed by atoms with Crippen molar-refractivity contribution in [2.75, 3.05) is 13.6 Å². The van der Waals surface area contributed by atoms with Crippen molar-refractivity contribution in [1.82, 2.24) is 9.80 Å². The van der Waals surface area contributed by atoms with E-state index in [9.17, 15) is 9.59 Å². The third-order valence-corrected chi connectivity index (χ3v) is 4.23. The van der Waals surface area contributed by atoms with Gasteiger partial charge in [-0.1, -0.05) is 0 Å². The van der Waals surface area contributed by atoms with Gasteiger partial charge >= 0.3 is 12.0 Å². The SMILES string of the molecule is CN1C(=O)N2CC(C(=O)O)CCC2CC1(C)C. The first-order chi connectivity index (χ1) is 7.83. The number of carboxylic acids is 1. The van der Waals surface area contributed by atoms with E-state index >= 15 is 0 Å². The summed E-state index contributed by atoms with van der Waals surface area (Å²) in [4.78, 5) is 26.7. The minimum atomic E-state index is -0.788. The predicted octanol–water partition coefficient (Wildman–Crippen LogP) is 1.39. The number of urea groups is 1. The first kappa shape index (κ1) is 12.2. The minimum absolute atomic E-state index is 0.0304. The Hall–Kier alpha value is -1.26. The second-order valence-electron chi connectivity index (χ2n) is 5.78. The summed E-state index contributed by atoms with van der Waals surface area (Å²) in [6, 6.07) is 0.182. The molecule has 2 unspecified atom stereocenters. The van der Waals surface area contributed by atoms with Crippen LogP contribution in [0.15, 0.2) is 0 Å². The maximum absolute atomic E-state index is 12.2. The molecule has 2 aliphatic heterocycles. The molecule has 0 radical (unpaired) electrons. The van der Waals surface area contributed by atoms with Crippen LogP contribution in [0.2, 0.25) is 0 Å². The number of fused-ring (bicyclic) bond motifs is 1. The number of rotatable bonds is 1. The first-order valence-corrected chi connectivity index (χ1v) is 6.10. The van der Waals surface area contributed by atoms with Crippen molar-refractivity contribution in [3.05, 3.63) is 0 Å². The van der Waals surface area contributed by atoms with E-state index in [1.807, 2.05) is 0 Å². The zero-order chi connectivity index (χ0) is 12.8. The summed E-state index contributed by atoms with van der Waals surface area (Å²) >= 11 is 0. The van der Waals surface area contributed by atoms with Crippen LogP contribution in [0.4, 0.5) is 4.79 Å². The van der Waals surface area contributed by atoms with Crippen molar-refractivity contribution in [2.24, 2.45) is 5.92 Å². The molecule has 0 saturated carbocycles. The van der Waals surface area contributed by atoms with Gasteiger partial charge in [-0.25, -0.2) is 4.79 Å². The highest BCUT2D eigenvalue weighted by molar-refractivity contribution is 5.78. The Morgan fingerprint density at radius 3 is 2.65 bits per heavy atom. The maximum Gasteiger partial charge on any atom is 0.320 e. The number of piperidine rings is 1. The Bertz CT molecular complexity index is 354. The summed E-state index contributed by atoms with van der Waals surface area (Å²) in [6.07, 6.45) is 2.41. The summed E-state index contributed by atoms with van der Waals surface area (Å²) in [7, 11) is 1.79. The zero-order valence-electron chi connectivity index (χ0n) is 10.6. The Labute approximate surface area is 101 Å². The monoisotopic (exact) mass is 240 g/mol. The zero-order valence-corrected chi connectivity index (χ0v) is 10.6. The van der Waals surface area contributed by atoms with Crippen molar-refractivity contribution in [3.63, 3.8) is 0 Å². The number of amides is 2. The molecule has 2 aliphatic rings. The van der Waals surface area contributed by atoms with Gasteiger partial charge in [0.1, 0.15) is 0 Å². The van der Waals surface area contributed by atoms with E-state index in [0.29, 0.717) is 13.0 Å². The van der Waals surface area contributed by atoms with Crippen LogP contribution in [0.25, 0.3) is 0 Å². The van der Waals surface area contributed by atoms with Crippen LogP contribution in [-0.2, 0) is 4.79 Å². The molecule has 1 N–H and O–H groups in total. The Kier molecular flexibility index (Phi) is 2.79. The molecule has 2 saturated heterocycles. The lowest BCUT2D eigenvalue weighted by Gasteiger charge is -2.51. The van der Waals surface area contributed by atoms with Gasteiger partial charge in [0.2, 0.25) is 0 Å². The van der Waals surface area contributed by atoms with Gasteiger partial charge in [-0.2, -0.15) is 0 Å². The summed E-state index contributed by atoms with van der Waals surface area (Å²) < 4.78 is 0. The summed E-state index contributed by atoms with van der Waals surface area (Å²) in [5.41, 5.74) is -0.131. The highest BCUT2D eigenvalue weighted by atomic mass is 16.4. The molecule has 0 bridgehead atoms. The molecule has 2 rings (SSSR count). The lowest BCUT2D eigenvalue weighted by molar-refractivity contribution is -0.144. The van der Waals surface area contributed by atoms with Crippen molar-refractivity contribution >= 4 is 12.0 Å². The van der Waals surface area contributed by atoms with E-state index in [0.717, 1.165) is 12.8 Å². The molecular weight excluding hydrogens is 220 g/mol. The fourth-order valence-corrected chi connectivity index (χ4v) is 2.84. The standard InChI is InChI=1S/C12H20N2O3/c1-12(2)6-9-5-4-8(10(15)16)7-14(9)11(17)13(12)3/h8-9H,4-7H2,1-3H3,(H,15,16). The van der Waals surface area contributed by atoms with Gasteiger partial charge in [-0.15, -0.1) is 0 Å². The number of hydrogen-bond acceptors (Lipinski definition) is 2. The van der Waals surface area contributed by atoms with Crippen molar-refractivity contribution in [2.45, 2.75) is 44.7 Å². The van der Waals surface area contributed by atoms with Crippen molar-refractivity contribution in [3.8, 4) is 0 Å². The Morgan fingerprint density at radius 2 is 2.06 bits per heavy atom. The van der Waals surface area contributed by atoms with Crippen molar-refractivity contribution < 1.29 is 14.7 Å². The molecule has 5 nitrogen and oxygen atoms in total. The highest BCUT2D eigenvalue weighted by Crippen LogP contribution is 2.35. The second kappa shape index (κ2) is 3.89. The summed E-state index contributed by atoms with van der Waals surface area (Å²) in [5.74, 6) is -1.19. The molecule has 0 aromatic heterocycles. The van der Waals surface area contributed by atoms with E-state index in [1.54, 1.807) is 16.8 Å². The molecule has 2 fully saturated rings. The summed E-state index contributed by atoms with van der Waals surface area (Å²) in [6.45, 7) is 4.48. The van der Waals surface area contributed by atoms with E-state index in [1.165, 1.54) is 0 Å². The number of aliphatic carboxylic acids is 1. The molecule has 2 amide bonds. The Morgan fingerprint density at radius 1 is 1.41 bits per heavy atom. The molecule has 0 spiro atoms. The van der Waals surface area contributed by atoms with E-state index < -0.39 is 11.9 Å². The maximum atomic E-state index is 12.2. The smallest absolute Gasteiger partial charge is 0.320 e. The van der Waals surface area contributed by atoms with Crippen LogP contribution in [0.1, 0.15) is 33.1 Å². The summed E-state index contributed by atoms with van der Waals surface area (Å²) in [5, 5.41) is 9.03. The van der Waals surface area contributed by atoms with Crippen LogP contribution < -0.4 is 0 Å². The van der Waals surface area contributed by atoms with Crippen LogP contribution in [-0.4, -0.2) is 52.1 Å². The van der Waals surface area contributed by atoms with Gasteiger partial charge in [-0.05, 0) is 33.1 Å². The van der Waals surface area contributed by atoms with Crippen LogP contribution in [0, 0.1) is 5.92 Å². The number of carboxylic acid groups (broad SMARTS) is 1. The first-order valence-electron chi connectivity index (χ1n) is 6.10. The van der Waals surface area contributed by atoms with Gasteiger partial charge in [0.05, 0.1) is 5.92 Å². The molecule has 17 heavy (non-hydrogen) atoms. The van der Waals surface area contributed by atoms with Gasteiger partial charge in [0, 0.05) is 25.2 Å². The van der Waals surface area contributed by atoms with Gasteiger partial charge in [0.25, 0.3) is 0 Å². The van der Waals surface area contributed by atoms with Gasteiger partial charge in [0.15, 0.2) is 0 Å². The van der Waals surface area contributed by atoms with Crippen LogP contribution >= 0.6 is 0 Å². The molecule has 0 aromatic rings. The highest BCUT2D eigenvalue weighted by Gasteiger charge is 2.45. The minimum Gasteiger partial charge on any atom is -0.481 e. The molecule has 0 aromatic carbocycles. The molecule has 2 heterocycles. The van der Waals surface area contributed by atoms with Crippen molar-refractivity contribution in [1.29, 1.82) is 0 Å². The molecule has 5 heteroatoms. The molecule has 2 atom stereocenters. The van der Waals surface area contributed by atoms with Crippen LogP contribution in [0.5, 0.6) is 0 Å². The third-order valence-electron chi connectivity index (χ3n) is 4.23. The third kappa shape index (κ3) is 1.98. The fourth-order valence-electron chi connectivity index (χ4n) is 2.84. The number of hydrogen-bond donors (Lipinski definition) is 1. The number of carbonyl (C=O) groups is 2.